The number of hydrogen-bond acceptors (Lipinski definition) is 6. The zero-order valence-electron chi connectivity index (χ0n) is 18.8. The first-order chi connectivity index (χ1) is 16.0. The van der Waals surface area contributed by atoms with Gasteiger partial charge in [0.05, 0.1) is 26.6 Å². The third-order valence-electron chi connectivity index (χ3n) is 5.45. The van der Waals surface area contributed by atoms with Gasteiger partial charge in [-0.1, -0.05) is 29.3 Å². The SMILES string of the molecule is COCCCN1C(=O)C(=O)/C(=C(/O)c2ccc(S(=O)(=O)N(C)C)cc2)[C@H]1c1ccc(Cl)c(Cl)c1. The van der Waals surface area contributed by atoms with Gasteiger partial charge in [0.15, 0.2) is 0 Å². The van der Waals surface area contributed by atoms with Gasteiger partial charge in [0, 0.05) is 39.9 Å². The maximum absolute atomic E-state index is 13.0. The highest BCUT2D eigenvalue weighted by molar-refractivity contribution is 7.89. The van der Waals surface area contributed by atoms with Crippen molar-refractivity contribution in [2.24, 2.45) is 0 Å². The summed E-state index contributed by atoms with van der Waals surface area (Å²) < 4.78 is 30.8. The summed E-state index contributed by atoms with van der Waals surface area (Å²) in [5.41, 5.74) is 0.570. The van der Waals surface area contributed by atoms with Gasteiger partial charge in [-0.05, 0) is 48.4 Å². The van der Waals surface area contributed by atoms with E-state index < -0.39 is 33.5 Å². The molecule has 182 valence electrons. The van der Waals surface area contributed by atoms with Crippen molar-refractivity contribution in [3.63, 3.8) is 0 Å². The molecule has 2 aromatic rings. The molecule has 2 aromatic carbocycles. The Hall–Kier alpha value is -2.43. The molecule has 1 aliphatic rings. The topological polar surface area (TPSA) is 104 Å². The zero-order valence-corrected chi connectivity index (χ0v) is 21.1. The number of hydrogen-bond donors (Lipinski definition) is 1. The highest BCUT2D eigenvalue weighted by Gasteiger charge is 2.46. The number of carbonyl (C=O) groups is 2. The normalized spacial score (nSPS) is 18.2. The van der Waals surface area contributed by atoms with Crippen molar-refractivity contribution in [2.75, 3.05) is 34.4 Å². The highest BCUT2D eigenvalue weighted by Crippen LogP contribution is 2.41. The van der Waals surface area contributed by atoms with Crippen molar-refractivity contribution in [3.8, 4) is 0 Å². The van der Waals surface area contributed by atoms with Gasteiger partial charge in [-0.15, -0.1) is 0 Å². The lowest BCUT2D eigenvalue weighted by molar-refractivity contribution is -0.140. The van der Waals surface area contributed by atoms with E-state index in [1.54, 1.807) is 18.2 Å². The molecule has 1 saturated heterocycles. The van der Waals surface area contributed by atoms with E-state index in [2.05, 4.69) is 0 Å². The molecule has 3 rings (SSSR count). The van der Waals surface area contributed by atoms with Crippen LogP contribution in [-0.2, 0) is 24.3 Å². The van der Waals surface area contributed by atoms with Crippen LogP contribution in [0.5, 0.6) is 0 Å². The third-order valence-corrected chi connectivity index (χ3v) is 8.02. The fourth-order valence-corrected chi connectivity index (χ4v) is 4.88. The number of amides is 1. The summed E-state index contributed by atoms with van der Waals surface area (Å²) in [6, 6.07) is 9.25. The van der Waals surface area contributed by atoms with Crippen molar-refractivity contribution >= 4 is 50.7 Å². The van der Waals surface area contributed by atoms with E-state index in [4.69, 9.17) is 27.9 Å². The molecule has 1 fully saturated rings. The van der Waals surface area contributed by atoms with Crippen LogP contribution in [-0.4, -0.2) is 68.8 Å². The Morgan fingerprint density at radius 2 is 1.74 bits per heavy atom. The Morgan fingerprint density at radius 3 is 2.29 bits per heavy atom. The summed E-state index contributed by atoms with van der Waals surface area (Å²) in [6.07, 6.45) is 0.471. The predicted molar refractivity (Wildman–Crippen MR) is 129 cm³/mol. The second-order valence-electron chi connectivity index (χ2n) is 7.82. The zero-order chi connectivity index (χ0) is 25.2. The molecule has 1 heterocycles. The minimum absolute atomic E-state index is 0.0232. The Bertz CT molecular complexity index is 1240. The number of halogens is 2. The van der Waals surface area contributed by atoms with Crippen molar-refractivity contribution < 1.29 is 27.9 Å². The number of ketones is 1. The van der Waals surface area contributed by atoms with E-state index in [-0.39, 0.29) is 27.6 Å². The fraction of sp³-hybridized carbons (Fsp3) is 0.304. The van der Waals surface area contributed by atoms with E-state index in [0.717, 1.165) is 4.31 Å². The largest absolute Gasteiger partial charge is 0.507 e. The summed E-state index contributed by atoms with van der Waals surface area (Å²) >= 11 is 12.2. The molecule has 0 spiro atoms. The maximum Gasteiger partial charge on any atom is 0.295 e. The van der Waals surface area contributed by atoms with Crippen LogP contribution in [0.2, 0.25) is 10.0 Å². The van der Waals surface area contributed by atoms with Crippen molar-refractivity contribution in [3.05, 3.63) is 69.2 Å². The number of sulfonamides is 1. The van der Waals surface area contributed by atoms with Gasteiger partial charge >= 0.3 is 0 Å². The Labute approximate surface area is 208 Å². The summed E-state index contributed by atoms with van der Waals surface area (Å²) in [5, 5.41) is 11.6. The van der Waals surface area contributed by atoms with Crippen molar-refractivity contribution in [2.45, 2.75) is 17.4 Å². The number of methoxy groups -OCH3 is 1. The maximum atomic E-state index is 13.0. The minimum atomic E-state index is -3.67. The van der Waals surface area contributed by atoms with Crippen LogP contribution in [0.1, 0.15) is 23.6 Å². The monoisotopic (exact) mass is 526 g/mol. The van der Waals surface area contributed by atoms with Crippen LogP contribution in [0.4, 0.5) is 0 Å². The van der Waals surface area contributed by atoms with Crippen LogP contribution < -0.4 is 0 Å². The van der Waals surface area contributed by atoms with Gasteiger partial charge in [0.25, 0.3) is 11.7 Å². The van der Waals surface area contributed by atoms with Crippen molar-refractivity contribution in [1.82, 2.24) is 9.21 Å². The molecule has 34 heavy (non-hydrogen) atoms. The molecule has 1 aliphatic heterocycles. The second-order valence-corrected chi connectivity index (χ2v) is 10.8. The molecule has 0 unspecified atom stereocenters. The molecule has 0 aromatic heterocycles. The molecular weight excluding hydrogens is 503 g/mol. The number of aliphatic hydroxyl groups excluding tert-OH is 1. The average Bonchev–Trinajstić information content (AvgIpc) is 3.05. The quantitative estimate of drug-likeness (QED) is 0.243. The lowest BCUT2D eigenvalue weighted by Gasteiger charge is -2.25. The fourth-order valence-electron chi connectivity index (χ4n) is 3.67. The number of ether oxygens (including phenoxy) is 1. The number of rotatable bonds is 8. The van der Waals surface area contributed by atoms with E-state index in [0.29, 0.717) is 23.6 Å². The van der Waals surface area contributed by atoms with Crippen LogP contribution in [0.25, 0.3) is 5.76 Å². The van der Waals surface area contributed by atoms with Gasteiger partial charge in [-0.3, -0.25) is 9.59 Å². The number of benzene rings is 2. The number of aliphatic hydroxyl groups is 1. The van der Waals surface area contributed by atoms with E-state index in [1.807, 2.05) is 0 Å². The summed E-state index contributed by atoms with van der Waals surface area (Å²) in [5.74, 6) is -2.03. The molecule has 1 amide bonds. The molecule has 1 N–H and O–H groups in total. The summed E-state index contributed by atoms with van der Waals surface area (Å²) in [7, 11) is 0.674. The van der Waals surface area contributed by atoms with Crippen LogP contribution in [0, 0.1) is 0 Å². The number of nitrogens with zero attached hydrogens (tertiary/aromatic N) is 2. The molecule has 0 radical (unpaired) electrons. The van der Waals surface area contributed by atoms with Crippen LogP contribution in [0.3, 0.4) is 0 Å². The van der Waals surface area contributed by atoms with Gasteiger partial charge in [0.1, 0.15) is 5.76 Å². The first-order valence-corrected chi connectivity index (χ1v) is 12.5. The third kappa shape index (κ3) is 4.99. The lowest BCUT2D eigenvalue weighted by atomic mass is 9.95. The smallest absolute Gasteiger partial charge is 0.295 e. The van der Waals surface area contributed by atoms with E-state index in [9.17, 15) is 23.1 Å². The van der Waals surface area contributed by atoms with Gasteiger partial charge in [-0.25, -0.2) is 12.7 Å². The van der Waals surface area contributed by atoms with E-state index in [1.165, 1.54) is 50.4 Å². The number of carbonyl (C=O) groups excluding carboxylic acids is 2. The lowest BCUT2D eigenvalue weighted by Crippen LogP contribution is -2.31. The first kappa shape index (κ1) is 26.2. The van der Waals surface area contributed by atoms with Crippen LogP contribution >= 0.6 is 23.2 Å². The minimum Gasteiger partial charge on any atom is -0.507 e. The summed E-state index contributed by atoms with van der Waals surface area (Å²) in [6.45, 7) is 0.582. The molecule has 8 nitrogen and oxygen atoms in total. The molecule has 0 bridgehead atoms. The molecular formula is C23H24Cl2N2O6S. The molecule has 0 aliphatic carbocycles. The number of likely N-dealkylation sites (tertiary alicyclic amines) is 1. The van der Waals surface area contributed by atoms with E-state index >= 15 is 0 Å². The van der Waals surface area contributed by atoms with Gasteiger partial charge < -0.3 is 14.7 Å². The summed E-state index contributed by atoms with van der Waals surface area (Å²) in [4.78, 5) is 27.3. The molecule has 1 atom stereocenters. The molecule has 0 saturated carbocycles. The van der Waals surface area contributed by atoms with Gasteiger partial charge in [0.2, 0.25) is 10.0 Å². The highest BCUT2D eigenvalue weighted by atomic mass is 35.5. The molecule has 11 heteroatoms. The predicted octanol–water partition coefficient (Wildman–Crippen LogP) is 3.70. The Balaban J connectivity index is 2.12. The second kappa shape index (κ2) is 10.5. The van der Waals surface area contributed by atoms with Crippen molar-refractivity contribution in [1.29, 1.82) is 0 Å². The Kier molecular flexibility index (Phi) is 8.05. The Morgan fingerprint density at radius 1 is 1.09 bits per heavy atom. The van der Waals surface area contributed by atoms with Gasteiger partial charge in [-0.2, -0.15) is 0 Å². The first-order valence-electron chi connectivity index (χ1n) is 10.3. The van der Waals surface area contributed by atoms with Crippen LogP contribution in [0.15, 0.2) is 52.9 Å². The number of Topliss-reactive ketones (excluding diaryl/α,β-unsaturated/α-hetero) is 1. The average molecular weight is 527 g/mol. The standard InChI is InChI=1S/C23H24Cl2N2O6S/c1-26(2)34(31,32)16-8-5-14(6-9-16)21(28)19-20(15-7-10-17(24)18(25)13-15)27(11-4-12-33-3)23(30)22(19)29/h5-10,13,20,28H,4,11-12H2,1-3H3/b21-19+/t20-/m1/s1.